The summed E-state index contributed by atoms with van der Waals surface area (Å²) in [5.41, 5.74) is 1.10. The van der Waals surface area contributed by atoms with Crippen LogP contribution in [0.1, 0.15) is 35.2 Å². The third-order valence-electron chi connectivity index (χ3n) is 6.18. The first-order valence-corrected chi connectivity index (χ1v) is 10.4. The third-order valence-corrected chi connectivity index (χ3v) is 6.51. The molecule has 2 amide bonds. The van der Waals surface area contributed by atoms with Gasteiger partial charge in [0.25, 0.3) is 5.91 Å². The van der Waals surface area contributed by atoms with Crippen LogP contribution in [0.15, 0.2) is 42.5 Å². The van der Waals surface area contributed by atoms with Crippen LogP contribution in [-0.2, 0) is 11.3 Å². The summed E-state index contributed by atoms with van der Waals surface area (Å²) in [5.74, 6) is 0.270. The van der Waals surface area contributed by atoms with Gasteiger partial charge in [-0.3, -0.25) is 9.59 Å². The second-order valence-corrected chi connectivity index (χ2v) is 8.60. The Hall–Kier alpha value is -2.60. The van der Waals surface area contributed by atoms with Gasteiger partial charge in [-0.15, -0.1) is 0 Å². The lowest BCUT2D eigenvalue weighted by Gasteiger charge is -2.39. The Kier molecular flexibility index (Phi) is 5.69. The summed E-state index contributed by atoms with van der Waals surface area (Å²) >= 11 is 6.23. The molecule has 0 unspecified atom stereocenters. The van der Waals surface area contributed by atoms with Gasteiger partial charge in [-0.25, -0.2) is 4.39 Å². The topological polar surface area (TPSA) is 49.9 Å². The number of hydrogen-bond acceptors (Lipinski definition) is 3. The summed E-state index contributed by atoms with van der Waals surface area (Å²) < 4.78 is 18.7. The quantitative estimate of drug-likeness (QED) is 0.732. The molecule has 0 N–H and O–H groups in total. The number of halogens is 2. The first-order valence-electron chi connectivity index (χ1n) is 10.0. The van der Waals surface area contributed by atoms with Gasteiger partial charge in [0.1, 0.15) is 11.6 Å². The zero-order chi connectivity index (χ0) is 21.3. The van der Waals surface area contributed by atoms with Gasteiger partial charge >= 0.3 is 0 Å². The Balaban J connectivity index is 1.40. The summed E-state index contributed by atoms with van der Waals surface area (Å²) in [6.45, 7) is 2.21. The van der Waals surface area contributed by atoms with E-state index in [1.54, 1.807) is 36.3 Å². The molecule has 2 aromatic carbocycles. The van der Waals surface area contributed by atoms with Crippen molar-refractivity contribution in [3.8, 4) is 5.75 Å². The second kappa shape index (κ2) is 8.26. The molecule has 0 aliphatic carbocycles. The standard InChI is InChI=1S/C23H24ClFN2O3/c1-30-18-5-6-20(24)19(12-18)22(29)26-9-7-23(8-10-26)13-21(28)27(15-23)14-16-3-2-4-17(25)11-16/h2-6,11-12H,7-10,13-15H2,1H3. The lowest BCUT2D eigenvalue weighted by Crippen LogP contribution is -2.44. The molecule has 0 saturated carbocycles. The van der Waals surface area contributed by atoms with Crippen molar-refractivity contribution in [2.24, 2.45) is 5.41 Å². The van der Waals surface area contributed by atoms with E-state index in [1.807, 2.05) is 11.0 Å². The fraction of sp³-hybridized carbons (Fsp3) is 0.391. The van der Waals surface area contributed by atoms with Gasteiger partial charge in [0.05, 0.1) is 17.7 Å². The fourth-order valence-electron chi connectivity index (χ4n) is 4.47. The van der Waals surface area contributed by atoms with Crippen molar-refractivity contribution in [3.05, 3.63) is 64.4 Å². The van der Waals surface area contributed by atoms with Crippen molar-refractivity contribution >= 4 is 23.4 Å². The number of rotatable bonds is 4. The normalized spacial score (nSPS) is 18.2. The number of hydrogen-bond donors (Lipinski definition) is 0. The highest BCUT2D eigenvalue weighted by atomic mass is 35.5. The van der Waals surface area contributed by atoms with E-state index in [0.717, 1.165) is 18.4 Å². The average Bonchev–Trinajstić information content (AvgIpc) is 3.03. The van der Waals surface area contributed by atoms with E-state index in [-0.39, 0.29) is 23.0 Å². The Bertz CT molecular complexity index is 973. The van der Waals surface area contributed by atoms with Crippen molar-refractivity contribution in [3.63, 3.8) is 0 Å². The molecule has 2 fully saturated rings. The predicted octanol–water partition coefficient (Wildman–Crippen LogP) is 4.14. The maximum atomic E-state index is 13.5. The second-order valence-electron chi connectivity index (χ2n) is 8.19. The molecule has 0 bridgehead atoms. The lowest BCUT2D eigenvalue weighted by molar-refractivity contribution is -0.128. The molecular formula is C23H24ClFN2O3. The van der Waals surface area contributed by atoms with E-state index >= 15 is 0 Å². The van der Waals surface area contributed by atoms with Crippen LogP contribution in [0.2, 0.25) is 5.02 Å². The van der Waals surface area contributed by atoms with Crippen LogP contribution in [-0.4, -0.2) is 48.4 Å². The van der Waals surface area contributed by atoms with Gasteiger partial charge in [0.2, 0.25) is 5.91 Å². The Labute approximate surface area is 180 Å². The third kappa shape index (κ3) is 4.15. The highest BCUT2D eigenvalue weighted by molar-refractivity contribution is 6.33. The van der Waals surface area contributed by atoms with Gasteiger partial charge in [-0.05, 0) is 48.7 Å². The molecule has 5 nitrogen and oxygen atoms in total. The van der Waals surface area contributed by atoms with Crippen molar-refractivity contribution in [2.45, 2.75) is 25.8 Å². The van der Waals surface area contributed by atoms with Crippen molar-refractivity contribution < 1.29 is 18.7 Å². The zero-order valence-electron chi connectivity index (χ0n) is 16.9. The highest BCUT2D eigenvalue weighted by Gasteiger charge is 2.45. The zero-order valence-corrected chi connectivity index (χ0v) is 17.6. The number of nitrogens with zero attached hydrogens (tertiary/aromatic N) is 2. The molecular weight excluding hydrogens is 407 g/mol. The summed E-state index contributed by atoms with van der Waals surface area (Å²) in [7, 11) is 1.55. The number of benzene rings is 2. The molecule has 0 aromatic heterocycles. The molecule has 2 aliphatic rings. The van der Waals surface area contributed by atoms with Gasteiger partial charge in [0, 0.05) is 38.0 Å². The summed E-state index contributed by atoms with van der Waals surface area (Å²) in [6.07, 6.45) is 1.99. The van der Waals surface area contributed by atoms with E-state index < -0.39 is 0 Å². The molecule has 0 radical (unpaired) electrons. The summed E-state index contributed by atoms with van der Waals surface area (Å²) in [4.78, 5) is 29.2. The van der Waals surface area contributed by atoms with E-state index in [4.69, 9.17) is 16.3 Å². The largest absolute Gasteiger partial charge is 0.497 e. The minimum absolute atomic E-state index is 0.0925. The number of carbonyl (C=O) groups excluding carboxylic acids is 2. The summed E-state index contributed by atoms with van der Waals surface area (Å²) in [5, 5.41) is 0.401. The van der Waals surface area contributed by atoms with E-state index in [9.17, 15) is 14.0 Å². The smallest absolute Gasteiger partial charge is 0.255 e. The van der Waals surface area contributed by atoms with Crippen LogP contribution in [0.5, 0.6) is 5.75 Å². The van der Waals surface area contributed by atoms with Crippen LogP contribution in [0.25, 0.3) is 0 Å². The number of amides is 2. The SMILES string of the molecule is COc1ccc(Cl)c(C(=O)N2CCC3(CC2)CC(=O)N(Cc2cccc(F)c2)C3)c1. The van der Waals surface area contributed by atoms with Crippen molar-refractivity contribution in [1.82, 2.24) is 9.80 Å². The number of methoxy groups -OCH3 is 1. The minimum Gasteiger partial charge on any atom is -0.497 e. The van der Waals surface area contributed by atoms with E-state index in [2.05, 4.69) is 0 Å². The van der Waals surface area contributed by atoms with E-state index in [1.165, 1.54) is 12.1 Å². The maximum Gasteiger partial charge on any atom is 0.255 e. The number of likely N-dealkylation sites (tertiary alicyclic amines) is 2. The first kappa shape index (κ1) is 20.7. The van der Waals surface area contributed by atoms with Crippen LogP contribution in [0.3, 0.4) is 0 Å². The first-order chi connectivity index (χ1) is 14.4. The number of piperidine rings is 1. The number of ether oxygens (including phenoxy) is 1. The van der Waals surface area contributed by atoms with Gasteiger partial charge < -0.3 is 14.5 Å². The van der Waals surface area contributed by atoms with Crippen LogP contribution in [0, 0.1) is 11.2 Å². The highest BCUT2D eigenvalue weighted by Crippen LogP contribution is 2.42. The van der Waals surface area contributed by atoms with Crippen LogP contribution >= 0.6 is 11.6 Å². The molecule has 2 heterocycles. The van der Waals surface area contributed by atoms with Crippen LogP contribution in [0.4, 0.5) is 4.39 Å². The molecule has 30 heavy (non-hydrogen) atoms. The number of carbonyl (C=O) groups is 2. The van der Waals surface area contributed by atoms with Gasteiger partial charge in [-0.1, -0.05) is 23.7 Å². The molecule has 158 valence electrons. The predicted molar refractivity (Wildman–Crippen MR) is 112 cm³/mol. The van der Waals surface area contributed by atoms with E-state index in [0.29, 0.717) is 48.9 Å². The average molecular weight is 431 g/mol. The monoisotopic (exact) mass is 430 g/mol. The molecule has 1 spiro atoms. The fourth-order valence-corrected chi connectivity index (χ4v) is 4.66. The Morgan fingerprint density at radius 1 is 1.20 bits per heavy atom. The maximum absolute atomic E-state index is 13.5. The molecule has 4 rings (SSSR count). The van der Waals surface area contributed by atoms with Crippen LogP contribution < -0.4 is 4.74 Å². The Morgan fingerprint density at radius 3 is 2.67 bits per heavy atom. The lowest BCUT2D eigenvalue weighted by atomic mass is 9.77. The molecule has 7 heteroatoms. The molecule has 2 aliphatic heterocycles. The van der Waals surface area contributed by atoms with Crippen molar-refractivity contribution in [1.29, 1.82) is 0 Å². The van der Waals surface area contributed by atoms with Gasteiger partial charge in [0.15, 0.2) is 0 Å². The molecule has 2 saturated heterocycles. The van der Waals surface area contributed by atoms with Crippen molar-refractivity contribution in [2.75, 3.05) is 26.7 Å². The molecule has 0 atom stereocenters. The summed E-state index contributed by atoms with van der Waals surface area (Å²) in [6, 6.07) is 11.4. The molecule has 2 aromatic rings. The minimum atomic E-state index is -0.295. The van der Waals surface area contributed by atoms with Gasteiger partial charge in [-0.2, -0.15) is 0 Å². The Morgan fingerprint density at radius 2 is 1.97 bits per heavy atom.